The number of hydrogen-bond acceptors (Lipinski definition) is 5. The smallest absolute Gasteiger partial charge is 0.138 e. The van der Waals surface area contributed by atoms with E-state index in [0.717, 1.165) is 11.1 Å². The van der Waals surface area contributed by atoms with Crippen molar-refractivity contribution in [3.8, 4) is 11.5 Å². The zero-order chi connectivity index (χ0) is 24.0. The molecule has 0 aliphatic rings. The van der Waals surface area contributed by atoms with Gasteiger partial charge in [-0.2, -0.15) is 0 Å². The van der Waals surface area contributed by atoms with Gasteiger partial charge in [-0.3, -0.25) is 0 Å². The summed E-state index contributed by atoms with van der Waals surface area (Å²) in [5.74, 6) is 1.07. The number of alkyl halides is 1. The van der Waals surface area contributed by atoms with E-state index in [1.54, 1.807) is 35.4 Å². The molecule has 0 fully saturated rings. The molecule has 1 aromatic heterocycles. The fourth-order valence-corrected chi connectivity index (χ4v) is 3.85. The van der Waals surface area contributed by atoms with E-state index < -0.39 is 17.6 Å². The van der Waals surface area contributed by atoms with Crippen LogP contribution in [0, 0.1) is 0 Å². The van der Waals surface area contributed by atoms with Crippen LogP contribution in [0.15, 0.2) is 55.1 Å². The molecule has 0 aliphatic heterocycles. The summed E-state index contributed by atoms with van der Waals surface area (Å²) in [5, 5.41) is 20.7. The van der Waals surface area contributed by atoms with Gasteiger partial charge in [-0.15, -0.1) is 11.6 Å². The number of rotatable bonds is 11. The van der Waals surface area contributed by atoms with E-state index in [4.69, 9.17) is 44.3 Å². The molecule has 0 amide bonds. The number of halogens is 3. The lowest BCUT2D eigenvalue weighted by atomic mass is 9.78. The van der Waals surface area contributed by atoms with E-state index in [1.165, 1.54) is 0 Å². The summed E-state index contributed by atoms with van der Waals surface area (Å²) in [6.45, 7) is 4.69. The van der Waals surface area contributed by atoms with Gasteiger partial charge < -0.3 is 24.3 Å². The van der Waals surface area contributed by atoms with Crippen LogP contribution in [0.2, 0.25) is 10.0 Å². The number of nitrogens with zero attached hydrogens (tertiary/aromatic N) is 2. The summed E-state index contributed by atoms with van der Waals surface area (Å²) >= 11 is 18.5. The van der Waals surface area contributed by atoms with Crippen molar-refractivity contribution in [3.63, 3.8) is 0 Å². The maximum absolute atomic E-state index is 10.2. The van der Waals surface area contributed by atoms with Gasteiger partial charge in [-0.1, -0.05) is 49.2 Å². The molecule has 33 heavy (non-hydrogen) atoms. The van der Waals surface area contributed by atoms with Crippen molar-refractivity contribution >= 4 is 34.8 Å². The Balaban J connectivity index is 1.68. The van der Waals surface area contributed by atoms with E-state index in [0.29, 0.717) is 28.1 Å². The molecule has 0 spiro atoms. The zero-order valence-corrected chi connectivity index (χ0v) is 20.7. The van der Waals surface area contributed by atoms with Crippen molar-refractivity contribution in [1.82, 2.24) is 9.55 Å². The van der Waals surface area contributed by atoms with Gasteiger partial charge in [0.2, 0.25) is 0 Å². The van der Waals surface area contributed by atoms with Crippen molar-refractivity contribution in [1.29, 1.82) is 0 Å². The second-order valence-corrected chi connectivity index (χ2v) is 9.38. The Labute approximate surface area is 208 Å². The fraction of sp³-hybridized carbons (Fsp3) is 0.375. The van der Waals surface area contributed by atoms with Crippen LogP contribution in [0.1, 0.15) is 25.0 Å². The summed E-state index contributed by atoms with van der Waals surface area (Å²) in [6, 6.07) is 11.2. The van der Waals surface area contributed by atoms with Crippen LogP contribution in [0.3, 0.4) is 0 Å². The number of ether oxygens (including phenoxy) is 2. The number of aromatic nitrogens is 2. The zero-order valence-electron chi connectivity index (χ0n) is 18.4. The van der Waals surface area contributed by atoms with E-state index in [-0.39, 0.29) is 19.1 Å². The average Bonchev–Trinajstić information content (AvgIpc) is 3.30. The van der Waals surface area contributed by atoms with Crippen LogP contribution < -0.4 is 9.47 Å². The molecule has 2 unspecified atom stereocenters. The number of aliphatic hydroxyl groups is 2. The quantitative estimate of drug-likeness (QED) is 0.355. The Bertz CT molecular complexity index is 1040. The van der Waals surface area contributed by atoms with Crippen molar-refractivity contribution in [2.45, 2.75) is 38.0 Å². The lowest BCUT2D eigenvalue weighted by molar-refractivity contribution is 0.0925. The van der Waals surface area contributed by atoms with Crippen LogP contribution >= 0.6 is 34.8 Å². The number of aliphatic hydroxyl groups excluding tert-OH is 2. The number of hydrogen-bond donors (Lipinski definition) is 2. The van der Waals surface area contributed by atoms with Crippen LogP contribution in [-0.4, -0.2) is 51.1 Å². The van der Waals surface area contributed by atoms with Crippen molar-refractivity contribution in [2.24, 2.45) is 0 Å². The molecule has 1 heterocycles. The van der Waals surface area contributed by atoms with Gasteiger partial charge in [0, 0.05) is 17.8 Å². The topological polar surface area (TPSA) is 76.7 Å². The summed E-state index contributed by atoms with van der Waals surface area (Å²) in [4.78, 5) is 3.95. The molecular weight excluding hydrogens is 487 g/mol. The summed E-state index contributed by atoms with van der Waals surface area (Å²) < 4.78 is 13.1. The molecule has 2 atom stereocenters. The monoisotopic (exact) mass is 512 g/mol. The Kier molecular flexibility index (Phi) is 8.90. The average molecular weight is 514 g/mol. The highest BCUT2D eigenvalue weighted by atomic mass is 35.5. The molecule has 3 rings (SSSR count). The third kappa shape index (κ3) is 6.78. The van der Waals surface area contributed by atoms with Crippen LogP contribution in [0.5, 0.6) is 11.5 Å². The minimum atomic E-state index is -0.756. The first-order chi connectivity index (χ1) is 15.7. The van der Waals surface area contributed by atoms with Gasteiger partial charge in [0.15, 0.2) is 0 Å². The Morgan fingerprint density at radius 3 is 1.94 bits per heavy atom. The van der Waals surface area contributed by atoms with Gasteiger partial charge in [-0.05, 0) is 35.4 Å². The second-order valence-electron chi connectivity index (χ2n) is 8.26. The third-order valence-electron chi connectivity index (χ3n) is 5.33. The first-order valence-corrected chi connectivity index (χ1v) is 11.7. The Morgan fingerprint density at radius 1 is 0.939 bits per heavy atom. The predicted octanol–water partition coefficient (Wildman–Crippen LogP) is 4.93. The molecule has 0 aliphatic carbocycles. The summed E-state index contributed by atoms with van der Waals surface area (Å²) in [5.41, 5.74) is 1.54. The maximum Gasteiger partial charge on any atom is 0.138 e. The minimum absolute atomic E-state index is 0.0695. The van der Waals surface area contributed by atoms with Crippen molar-refractivity contribution < 1.29 is 19.7 Å². The molecule has 6 nitrogen and oxygen atoms in total. The normalized spacial score (nSPS) is 13.5. The highest BCUT2D eigenvalue weighted by Crippen LogP contribution is 2.38. The highest BCUT2D eigenvalue weighted by molar-refractivity contribution is 6.32. The minimum Gasteiger partial charge on any atom is -0.489 e. The predicted molar refractivity (Wildman–Crippen MR) is 131 cm³/mol. The second kappa shape index (κ2) is 11.4. The molecular formula is C24H27Cl3N2O4. The molecule has 3 aromatic rings. The van der Waals surface area contributed by atoms with Crippen LogP contribution in [0.4, 0.5) is 0 Å². The first kappa shape index (κ1) is 25.7. The Hall–Kier alpha value is -1.96. The maximum atomic E-state index is 10.2. The lowest BCUT2D eigenvalue weighted by Gasteiger charge is -2.27. The SMILES string of the molecule is CC(C)(c1ccc(OCC(O)CCl)c(Cl)c1)c1ccc(OCC(O)Cn2ccnc2)c(Cl)c1. The lowest BCUT2D eigenvalue weighted by Crippen LogP contribution is -2.23. The standard InChI is InChI=1S/C24H27Cl3N2O4/c1-24(2,16-3-5-22(20(26)9-16)32-13-18(30)11-25)17-4-6-23(21(27)10-17)33-14-19(31)12-29-8-7-28-15-29/h3-10,15,18-19,30-31H,11-14H2,1-2H3. The number of benzene rings is 2. The largest absolute Gasteiger partial charge is 0.489 e. The third-order valence-corrected chi connectivity index (χ3v) is 6.28. The number of imidazole rings is 1. The van der Waals surface area contributed by atoms with Gasteiger partial charge in [0.05, 0.1) is 28.8 Å². The molecule has 0 saturated heterocycles. The molecule has 2 aromatic carbocycles. The molecule has 9 heteroatoms. The van der Waals surface area contributed by atoms with E-state index in [1.807, 2.05) is 24.3 Å². The van der Waals surface area contributed by atoms with Gasteiger partial charge in [0.1, 0.15) is 36.9 Å². The van der Waals surface area contributed by atoms with E-state index >= 15 is 0 Å². The summed E-state index contributed by atoms with van der Waals surface area (Å²) in [7, 11) is 0. The molecule has 178 valence electrons. The Morgan fingerprint density at radius 2 is 1.48 bits per heavy atom. The van der Waals surface area contributed by atoms with Crippen molar-refractivity contribution in [3.05, 3.63) is 76.3 Å². The van der Waals surface area contributed by atoms with Crippen molar-refractivity contribution in [2.75, 3.05) is 19.1 Å². The van der Waals surface area contributed by atoms with Gasteiger partial charge >= 0.3 is 0 Å². The molecule has 0 radical (unpaired) electrons. The van der Waals surface area contributed by atoms with E-state index in [9.17, 15) is 10.2 Å². The summed E-state index contributed by atoms with van der Waals surface area (Å²) in [6.07, 6.45) is 3.63. The van der Waals surface area contributed by atoms with Crippen LogP contribution in [-0.2, 0) is 12.0 Å². The van der Waals surface area contributed by atoms with Gasteiger partial charge in [0.25, 0.3) is 0 Å². The van der Waals surface area contributed by atoms with Crippen LogP contribution in [0.25, 0.3) is 0 Å². The first-order valence-electron chi connectivity index (χ1n) is 10.4. The van der Waals surface area contributed by atoms with Gasteiger partial charge in [-0.25, -0.2) is 4.98 Å². The molecule has 0 saturated carbocycles. The molecule has 0 bridgehead atoms. The fourth-order valence-electron chi connectivity index (χ4n) is 3.29. The van der Waals surface area contributed by atoms with E-state index in [2.05, 4.69) is 18.8 Å². The highest BCUT2D eigenvalue weighted by Gasteiger charge is 2.25. The molecule has 2 N–H and O–H groups in total.